The van der Waals surface area contributed by atoms with Crippen LogP contribution in [0.15, 0.2) is 42.5 Å². The minimum atomic E-state index is -0.000936. The van der Waals surface area contributed by atoms with Crippen molar-refractivity contribution in [1.82, 2.24) is 15.0 Å². The Morgan fingerprint density at radius 3 is 2.13 bits per heavy atom. The number of fused-ring (bicyclic) bond motifs is 3. The van der Waals surface area contributed by atoms with Crippen LogP contribution in [0, 0.1) is 13.8 Å². The van der Waals surface area contributed by atoms with Gasteiger partial charge in [-0.1, -0.05) is 50.2 Å². The number of nitrogens with zero attached hydrogens (tertiary/aromatic N) is 3. The number of hydrogen-bond acceptors (Lipinski definition) is 3. The summed E-state index contributed by atoms with van der Waals surface area (Å²) in [6, 6.07) is 15.2. The molecule has 3 nitrogen and oxygen atoms in total. The molecule has 1 aliphatic rings. The molecular formula is C20H19N3. The fourth-order valence-electron chi connectivity index (χ4n) is 3.59. The molecule has 0 saturated carbocycles. The van der Waals surface area contributed by atoms with E-state index in [4.69, 9.17) is 0 Å². The van der Waals surface area contributed by atoms with E-state index >= 15 is 0 Å². The molecule has 114 valence electrons. The lowest BCUT2D eigenvalue weighted by Gasteiger charge is -2.21. The molecule has 3 heteroatoms. The quantitative estimate of drug-likeness (QED) is 0.666. The Morgan fingerprint density at radius 1 is 0.739 bits per heavy atom. The lowest BCUT2D eigenvalue weighted by molar-refractivity contribution is 0.660. The second kappa shape index (κ2) is 4.72. The Morgan fingerprint density at radius 2 is 1.39 bits per heavy atom. The summed E-state index contributed by atoms with van der Waals surface area (Å²) in [7, 11) is 0. The van der Waals surface area contributed by atoms with Crippen LogP contribution in [0.3, 0.4) is 0 Å². The first-order valence-corrected chi connectivity index (χ1v) is 7.91. The van der Waals surface area contributed by atoms with Crippen molar-refractivity contribution in [3.05, 3.63) is 65.2 Å². The molecule has 3 aromatic rings. The normalized spacial score (nSPS) is 14.4. The standard InChI is InChI=1S/C20H19N3/c1-12-21-13(2)23-19(22-12)14-9-10-16-15-7-5-6-8-17(15)20(3,4)18(16)11-14/h5-11H,1-4H3. The Bertz CT molecular complexity index is 906. The second-order valence-electron chi connectivity index (χ2n) is 6.68. The number of rotatable bonds is 1. The van der Waals surface area contributed by atoms with Crippen LogP contribution in [0.4, 0.5) is 0 Å². The molecule has 4 rings (SSSR count). The minimum Gasteiger partial charge on any atom is -0.219 e. The lowest BCUT2D eigenvalue weighted by Crippen LogP contribution is -2.15. The fourth-order valence-corrected chi connectivity index (χ4v) is 3.59. The molecule has 0 fully saturated rings. The maximum absolute atomic E-state index is 4.50. The van der Waals surface area contributed by atoms with Gasteiger partial charge in [0.25, 0.3) is 0 Å². The highest BCUT2D eigenvalue weighted by atomic mass is 15.0. The number of aryl methyl sites for hydroxylation is 2. The lowest BCUT2D eigenvalue weighted by atomic mass is 9.82. The highest BCUT2D eigenvalue weighted by Crippen LogP contribution is 2.49. The monoisotopic (exact) mass is 301 g/mol. The first-order chi connectivity index (χ1) is 11.0. The summed E-state index contributed by atoms with van der Waals surface area (Å²) in [6.45, 7) is 8.38. The predicted octanol–water partition coefficient (Wildman–Crippen LogP) is 4.46. The molecule has 0 amide bonds. The third-order valence-electron chi connectivity index (χ3n) is 4.70. The molecule has 0 bridgehead atoms. The van der Waals surface area contributed by atoms with E-state index in [1.165, 1.54) is 22.3 Å². The molecule has 1 aliphatic carbocycles. The van der Waals surface area contributed by atoms with Crippen LogP contribution in [0.1, 0.15) is 36.6 Å². The smallest absolute Gasteiger partial charge is 0.163 e. The average molecular weight is 301 g/mol. The van der Waals surface area contributed by atoms with Crippen molar-refractivity contribution >= 4 is 0 Å². The number of hydrogen-bond donors (Lipinski definition) is 0. The van der Waals surface area contributed by atoms with Gasteiger partial charge in [0.15, 0.2) is 5.82 Å². The second-order valence-corrected chi connectivity index (χ2v) is 6.68. The third kappa shape index (κ3) is 2.07. The van der Waals surface area contributed by atoms with Crippen LogP contribution < -0.4 is 0 Å². The van der Waals surface area contributed by atoms with Gasteiger partial charge < -0.3 is 0 Å². The van der Waals surface area contributed by atoms with Gasteiger partial charge in [0, 0.05) is 11.0 Å². The average Bonchev–Trinajstić information content (AvgIpc) is 2.75. The van der Waals surface area contributed by atoms with Gasteiger partial charge in [0.1, 0.15) is 11.6 Å². The van der Waals surface area contributed by atoms with Gasteiger partial charge in [-0.25, -0.2) is 15.0 Å². The molecule has 0 saturated heterocycles. The predicted molar refractivity (Wildman–Crippen MR) is 92.3 cm³/mol. The Balaban J connectivity index is 1.92. The van der Waals surface area contributed by atoms with Gasteiger partial charge in [-0.05, 0) is 42.2 Å². The molecule has 1 heterocycles. The van der Waals surface area contributed by atoms with E-state index in [-0.39, 0.29) is 5.41 Å². The van der Waals surface area contributed by atoms with Crippen LogP contribution in [0.5, 0.6) is 0 Å². The number of benzene rings is 2. The van der Waals surface area contributed by atoms with E-state index in [0.717, 1.165) is 23.0 Å². The summed E-state index contributed by atoms with van der Waals surface area (Å²) in [6.07, 6.45) is 0. The summed E-state index contributed by atoms with van der Waals surface area (Å²) in [5.74, 6) is 2.27. The molecule has 0 unspecified atom stereocenters. The van der Waals surface area contributed by atoms with Crippen molar-refractivity contribution in [2.45, 2.75) is 33.1 Å². The molecule has 1 aromatic heterocycles. The first kappa shape index (κ1) is 14.1. The van der Waals surface area contributed by atoms with Gasteiger partial charge in [0.2, 0.25) is 0 Å². The molecule has 23 heavy (non-hydrogen) atoms. The zero-order valence-electron chi connectivity index (χ0n) is 13.9. The highest BCUT2D eigenvalue weighted by Gasteiger charge is 2.35. The SMILES string of the molecule is Cc1nc(C)nc(-c2ccc3c(c2)C(C)(C)c2ccccc2-3)n1. The van der Waals surface area contributed by atoms with E-state index in [2.05, 4.69) is 71.3 Å². The van der Waals surface area contributed by atoms with Crippen molar-refractivity contribution in [3.8, 4) is 22.5 Å². The Hall–Kier alpha value is -2.55. The molecule has 0 spiro atoms. The zero-order chi connectivity index (χ0) is 16.2. The van der Waals surface area contributed by atoms with Crippen LogP contribution >= 0.6 is 0 Å². The summed E-state index contributed by atoms with van der Waals surface area (Å²) < 4.78 is 0. The maximum Gasteiger partial charge on any atom is 0.163 e. The molecule has 0 radical (unpaired) electrons. The zero-order valence-corrected chi connectivity index (χ0v) is 13.9. The summed E-state index contributed by atoms with van der Waals surface area (Å²) in [5, 5.41) is 0. The van der Waals surface area contributed by atoms with Gasteiger partial charge in [-0.3, -0.25) is 0 Å². The van der Waals surface area contributed by atoms with Gasteiger partial charge >= 0.3 is 0 Å². The third-order valence-corrected chi connectivity index (χ3v) is 4.70. The van der Waals surface area contributed by atoms with Crippen molar-refractivity contribution in [3.63, 3.8) is 0 Å². The van der Waals surface area contributed by atoms with E-state index in [1.807, 2.05) is 13.8 Å². The van der Waals surface area contributed by atoms with E-state index in [1.54, 1.807) is 0 Å². The van der Waals surface area contributed by atoms with E-state index < -0.39 is 0 Å². The Labute approximate surface area is 136 Å². The molecule has 0 N–H and O–H groups in total. The van der Waals surface area contributed by atoms with E-state index in [9.17, 15) is 0 Å². The van der Waals surface area contributed by atoms with Gasteiger partial charge in [-0.15, -0.1) is 0 Å². The Kier molecular flexibility index (Phi) is 2.89. The topological polar surface area (TPSA) is 38.7 Å². The summed E-state index contributed by atoms with van der Waals surface area (Å²) >= 11 is 0. The highest BCUT2D eigenvalue weighted by molar-refractivity contribution is 5.82. The summed E-state index contributed by atoms with van der Waals surface area (Å²) in [4.78, 5) is 13.3. The van der Waals surface area contributed by atoms with Crippen molar-refractivity contribution in [2.75, 3.05) is 0 Å². The van der Waals surface area contributed by atoms with Crippen LogP contribution in [0.25, 0.3) is 22.5 Å². The first-order valence-electron chi connectivity index (χ1n) is 7.91. The number of aromatic nitrogens is 3. The molecule has 2 aromatic carbocycles. The van der Waals surface area contributed by atoms with Gasteiger partial charge in [0.05, 0.1) is 0 Å². The largest absolute Gasteiger partial charge is 0.219 e. The fraction of sp³-hybridized carbons (Fsp3) is 0.250. The van der Waals surface area contributed by atoms with Crippen LogP contribution in [0.2, 0.25) is 0 Å². The van der Waals surface area contributed by atoms with E-state index in [0.29, 0.717) is 0 Å². The van der Waals surface area contributed by atoms with Crippen molar-refractivity contribution in [2.24, 2.45) is 0 Å². The molecule has 0 atom stereocenters. The maximum atomic E-state index is 4.50. The van der Waals surface area contributed by atoms with Crippen LogP contribution in [-0.2, 0) is 5.41 Å². The van der Waals surface area contributed by atoms with Crippen molar-refractivity contribution < 1.29 is 0 Å². The van der Waals surface area contributed by atoms with Gasteiger partial charge in [-0.2, -0.15) is 0 Å². The van der Waals surface area contributed by atoms with Crippen LogP contribution in [-0.4, -0.2) is 15.0 Å². The summed E-state index contributed by atoms with van der Waals surface area (Å²) in [5.41, 5.74) is 6.43. The molecule has 0 aliphatic heterocycles. The molecular weight excluding hydrogens is 282 g/mol. The van der Waals surface area contributed by atoms with Crippen molar-refractivity contribution in [1.29, 1.82) is 0 Å². The minimum absolute atomic E-state index is 0.000936.